The van der Waals surface area contributed by atoms with Crippen LogP contribution in [0.5, 0.6) is 0 Å². The van der Waals surface area contributed by atoms with Crippen LogP contribution < -0.4 is 0 Å². The van der Waals surface area contributed by atoms with E-state index < -0.39 is 0 Å². The molecule has 26 heavy (non-hydrogen) atoms. The van der Waals surface area contributed by atoms with E-state index in [9.17, 15) is 0 Å². The molecule has 3 aromatic heterocycles. The van der Waals surface area contributed by atoms with Gasteiger partial charge in [-0.05, 0) is 60.8 Å². The Morgan fingerprint density at radius 1 is 0.962 bits per heavy atom. The van der Waals surface area contributed by atoms with Crippen LogP contribution in [0.3, 0.4) is 0 Å². The topological polar surface area (TPSA) is 25.5 Å². The average Bonchev–Trinajstić information content (AvgIpc) is 3.36. The smallest absolute Gasteiger partial charge is 0.111 e. The maximum atomic E-state index is 5.04. The maximum Gasteiger partial charge on any atom is 0.111 e. The molecule has 2 aliphatic heterocycles. The van der Waals surface area contributed by atoms with Gasteiger partial charge in [-0.1, -0.05) is 12.1 Å². The second-order valence-electron chi connectivity index (χ2n) is 7.68. The molecule has 0 radical (unpaired) electrons. The van der Waals surface area contributed by atoms with E-state index >= 15 is 0 Å². The van der Waals surface area contributed by atoms with Gasteiger partial charge in [-0.2, -0.15) is 0 Å². The zero-order valence-electron chi connectivity index (χ0n) is 14.8. The molecule has 1 atom stereocenters. The van der Waals surface area contributed by atoms with Gasteiger partial charge in [0.2, 0.25) is 0 Å². The van der Waals surface area contributed by atoms with Crippen molar-refractivity contribution in [1.82, 2.24) is 18.9 Å². The molecule has 0 spiro atoms. The molecule has 4 heteroatoms. The van der Waals surface area contributed by atoms with E-state index in [-0.39, 0.29) is 0 Å². The maximum absolute atomic E-state index is 5.04. The molecule has 1 saturated heterocycles. The third kappa shape index (κ3) is 2.15. The summed E-state index contributed by atoms with van der Waals surface area (Å²) < 4.78 is 4.63. The molecule has 0 unspecified atom stereocenters. The van der Waals surface area contributed by atoms with Crippen LogP contribution in [-0.4, -0.2) is 38.0 Å². The van der Waals surface area contributed by atoms with Crippen molar-refractivity contribution in [2.24, 2.45) is 0 Å². The minimum Gasteiger partial charge on any atom is -0.327 e. The zero-order valence-corrected chi connectivity index (χ0v) is 14.8. The van der Waals surface area contributed by atoms with Gasteiger partial charge in [-0.25, -0.2) is 4.98 Å². The summed E-state index contributed by atoms with van der Waals surface area (Å²) >= 11 is 0. The van der Waals surface area contributed by atoms with Crippen LogP contribution in [-0.2, 0) is 13.0 Å². The number of aromatic nitrogens is 3. The molecule has 2 aliphatic rings. The summed E-state index contributed by atoms with van der Waals surface area (Å²) in [6.07, 6.45) is 8.07. The summed E-state index contributed by atoms with van der Waals surface area (Å²) in [4.78, 5) is 7.70. The fourth-order valence-corrected chi connectivity index (χ4v) is 4.83. The lowest BCUT2D eigenvalue weighted by Crippen LogP contribution is -2.30. The molecule has 6 rings (SSSR count). The first-order chi connectivity index (χ1) is 12.8. The van der Waals surface area contributed by atoms with E-state index in [1.54, 1.807) is 0 Å². The fourth-order valence-electron chi connectivity index (χ4n) is 4.83. The van der Waals surface area contributed by atoms with Crippen LogP contribution >= 0.6 is 0 Å². The van der Waals surface area contributed by atoms with Crippen LogP contribution in [0.25, 0.3) is 27.7 Å². The van der Waals surface area contributed by atoms with Crippen molar-refractivity contribution in [3.05, 3.63) is 60.7 Å². The highest BCUT2D eigenvalue weighted by molar-refractivity contribution is 5.83. The highest BCUT2D eigenvalue weighted by atomic mass is 15.2. The standard InChI is InChI=1S/C22H22N4/c1-3-18-7-5-17(15-25(18)10-1)16-6-8-21-20(13-16)23-22-14-19-4-2-9-24(19)11-12-26(21)22/h1,3,5-8,10,13,15,19H,2,4,9,11-12,14H2/t19-/m1/s1. The SMILES string of the molecule is c1cc2ccc(-c3ccc4c(c3)nc3n4CCN4CCC[C@@H]4C3)cn2c1. The van der Waals surface area contributed by atoms with E-state index in [1.165, 1.54) is 47.4 Å². The molecule has 1 aromatic carbocycles. The molecule has 4 aromatic rings. The summed E-state index contributed by atoms with van der Waals surface area (Å²) in [6.45, 7) is 3.49. The third-order valence-corrected chi connectivity index (χ3v) is 6.21. The number of hydrogen-bond donors (Lipinski definition) is 0. The van der Waals surface area contributed by atoms with Crippen LogP contribution in [0, 0.1) is 0 Å². The van der Waals surface area contributed by atoms with Gasteiger partial charge < -0.3 is 8.97 Å². The van der Waals surface area contributed by atoms with E-state index in [1.807, 2.05) is 0 Å². The number of rotatable bonds is 1. The Hall–Kier alpha value is -2.59. The first kappa shape index (κ1) is 14.6. The highest BCUT2D eigenvalue weighted by Crippen LogP contribution is 2.29. The lowest BCUT2D eigenvalue weighted by atomic mass is 10.1. The first-order valence-electron chi connectivity index (χ1n) is 9.65. The van der Waals surface area contributed by atoms with Crippen molar-refractivity contribution < 1.29 is 0 Å². The molecule has 0 N–H and O–H groups in total. The Morgan fingerprint density at radius 3 is 2.92 bits per heavy atom. The van der Waals surface area contributed by atoms with Gasteiger partial charge in [-0.3, -0.25) is 4.90 Å². The van der Waals surface area contributed by atoms with Crippen molar-refractivity contribution >= 4 is 16.6 Å². The summed E-state index contributed by atoms with van der Waals surface area (Å²) in [5.41, 5.74) is 6.12. The Morgan fingerprint density at radius 2 is 1.92 bits per heavy atom. The van der Waals surface area contributed by atoms with Gasteiger partial charge in [0.25, 0.3) is 0 Å². The highest BCUT2D eigenvalue weighted by Gasteiger charge is 2.29. The summed E-state index contributed by atoms with van der Waals surface area (Å²) in [5.74, 6) is 1.27. The predicted molar refractivity (Wildman–Crippen MR) is 104 cm³/mol. The molecule has 0 aliphatic carbocycles. The normalized spacial score (nSPS) is 20.4. The number of benzene rings is 1. The van der Waals surface area contributed by atoms with Crippen LogP contribution in [0.1, 0.15) is 18.7 Å². The molecule has 0 saturated carbocycles. The molecular formula is C22H22N4. The van der Waals surface area contributed by atoms with E-state index in [2.05, 4.69) is 68.7 Å². The molecule has 4 nitrogen and oxygen atoms in total. The summed E-state index contributed by atoms with van der Waals surface area (Å²) in [7, 11) is 0. The second kappa shape index (κ2) is 5.45. The van der Waals surface area contributed by atoms with Crippen LogP contribution in [0.15, 0.2) is 54.9 Å². The Balaban J connectivity index is 1.44. The van der Waals surface area contributed by atoms with Crippen LogP contribution in [0.2, 0.25) is 0 Å². The second-order valence-corrected chi connectivity index (χ2v) is 7.68. The van der Waals surface area contributed by atoms with Crippen molar-refractivity contribution in [2.45, 2.75) is 31.8 Å². The molecule has 0 bridgehead atoms. The summed E-state index contributed by atoms with van der Waals surface area (Å²) in [5, 5.41) is 0. The van der Waals surface area contributed by atoms with Crippen molar-refractivity contribution in [1.29, 1.82) is 0 Å². The average molecular weight is 342 g/mol. The summed E-state index contributed by atoms with van der Waals surface area (Å²) in [6, 6.07) is 16.1. The number of hydrogen-bond acceptors (Lipinski definition) is 2. The van der Waals surface area contributed by atoms with Gasteiger partial charge in [0.15, 0.2) is 0 Å². The minimum atomic E-state index is 0.698. The lowest BCUT2D eigenvalue weighted by molar-refractivity contribution is 0.258. The molecule has 130 valence electrons. The molecular weight excluding hydrogens is 320 g/mol. The molecule has 1 fully saturated rings. The Kier molecular flexibility index (Phi) is 3.05. The Labute approximate surface area is 152 Å². The van der Waals surface area contributed by atoms with E-state index in [0.29, 0.717) is 6.04 Å². The molecule has 0 amide bonds. The fraction of sp³-hybridized carbons (Fsp3) is 0.318. The van der Waals surface area contributed by atoms with Gasteiger partial charge >= 0.3 is 0 Å². The molecule has 5 heterocycles. The monoisotopic (exact) mass is 342 g/mol. The van der Waals surface area contributed by atoms with Gasteiger partial charge in [0.1, 0.15) is 5.82 Å². The van der Waals surface area contributed by atoms with E-state index in [4.69, 9.17) is 4.98 Å². The number of imidazole rings is 1. The predicted octanol–water partition coefficient (Wildman–Crippen LogP) is 3.98. The first-order valence-corrected chi connectivity index (χ1v) is 9.65. The van der Waals surface area contributed by atoms with Crippen molar-refractivity contribution in [3.63, 3.8) is 0 Å². The number of pyridine rings is 1. The number of fused-ring (bicyclic) bond motifs is 5. The third-order valence-electron chi connectivity index (χ3n) is 6.21. The zero-order chi connectivity index (χ0) is 17.1. The number of nitrogens with zero attached hydrogens (tertiary/aromatic N) is 4. The van der Waals surface area contributed by atoms with Gasteiger partial charge in [0.05, 0.1) is 11.0 Å². The lowest BCUT2D eigenvalue weighted by Gasteiger charge is -2.20. The van der Waals surface area contributed by atoms with Crippen molar-refractivity contribution in [2.75, 3.05) is 13.1 Å². The van der Waals surface area contributed by atoms with Gasteiger partial charge in [-0.15, -0.1) is 0 Å². The van der Waals surface area contributed by atoms with E-state index in [0.717, 1.165) is 25.0 Å². The largest absolute Gasteiger partial charge is 0.327 e. The van der Waals surface area contributed by atoms with Crippen molar-refractivity contribution in [3.8, 4) is 11.1 Å². The quantitative estimate of drug-likeness (QED) is 0.523. The Bertz CT molecular complexity index is 1120. The minimum absolute atomic E-state index is 0.698. The van der Waals surface area contributed by atoms with Crippen LogP contribution in [0.4, 0.5) is 0 Å². The van der Waals surface area contributed by atoms with Gasteiger partial charge in [0, 0.05) is 43.5 Å².